The molecule has 5 heteroatoms. The van der Waals surface area contributed by atoms with Crippen molar-refractivity contribution in [2.24, 2.45) is 4.99 Å². The van der Waals surface area contributed by atoms with Crippen LogP contribution in [0.25, 0.3) is 0 Å². The molecule has 0 unspecified atom stereocenters. The number of carbonyl (C=O) groups excluding carboxylic acids is 1. The van der Waals surface area contributed by atoms with Gasteiger partial charge in [0.15, 0.2) is 0 Å². The van der Waals surface area contributed by atoms with E-state index in [9.17, 15) is 4.79 Å². The molecule has 0 radical (unpaired) electrons. The Morgan fingerprint density at radius 2 is 1.85 bits per heavy atom. The van der Waals surface area contributed by atoms with Crippen LogP contribution in [0.4, 0.5) is 10.5 Å². The molecule has 0 saturated heterocycles. The fourth-order valence-electron chi connectivity index (χ4n) is 3.77. The SMILES string of the molecule is CCOc1ccc(N(C(=O)NC2CCCCC2)C2=NCCCCC2)cc1. The molecule has 1 N–H and O–H groups in total. The lowest BCUT2D eigenvalue weighted by Gasteiger charge is -2.29. The predicted molar refractivity (Wildman–Crippen MR) is 106 cm³/mol. The van der Waals surface area contributed by atoms with Crippen LogP contribution in [0.15, 0.2) is 29.3 Å². The largest absolute Gasteiger partial charge is 0.494 e. The number of hydrogen-bond acceptors (Lipinski definition) is 3. The zero-order valence-corrected chi connectivity index (χ0v) is 15.9. The number of amidine groups is 1. The molecule has 1 aromatic rings. The van der Waals surface area contributed by atoms with E-state index in [0.29, 0.717) is 6.61 Å². The lowest BCUT2D eigenvalue weighted by Crippen LogP contribution is -2.48. The second-order valence-corrected chi connectivity index (χ2v) is 7.16. The van der Waals surface area contributed by atoms with Gasteiger partial charge in [0.2, 0.25) is 0 Å². The average Bonchev–Trinajstić information content (AvgIpc) is 2.94. The molecule has 26 heavy (non-hydrogen) atoms. The number of nitrogens with one attached hydrogen (secondary N) is 1. The van der Waals surface area contributed by atoms with Gasteiger partial charge >= 0.3 is 6.03 Å². The van der Waals surface area contributed by atoms with Crippen LogP contribution < -0.4 is 15.0 Å². The summed E-state index contributed by atoms with van der Waals surface area (Å²) in [5.74, 6) is 1.71. The Morgan fingerprint density at radius 1 is 1.12 bits per heavy atom. The molecule has 1 aliphatic heterocycles. The van der Waals surface area contributed by atoms with Crippen molar-refractivity contribution >= 4 is 17.6 Å². The van der Waals surface area contributed by atoms with Crippen LogP contribution >= 0.6 is 0 Å². The van der Waals surface area contributed by atoms with E-state index < -0.39 is 0 Å². The summed E-state index contributed by atoms with van der Waals surface area (Å²) in [6, 6.07) is 8.01. The molecule has 1 aromatic carbocycles. The van der Waals surface area contributed by atoms with Gasteiger partial charge in [-0.05, 0) is 56.9 Å². The highest BCUT2D eigenvalue weighted by molar-refractivity contribution is 6.16. The van der Waals surface area contributed by atoms with Gasteiger partial charge in [-0.25, -0.2) is 4.79 Å². The number of anilines is 1. The highest BCUT2D eigenvalue weighted by atomic mass is 16.5. The number of urea groups is 1. The molecule has 0 spiro atoms. The number of rotatable bonds is 4. The Morgan fingerprint density at radius 3 is 2.58 bits per heavy atom. The maximum absolute atomic E-state index is 13.1. The number of aliphatic imine (C=N–C) groups is 1. The van der Waals surface area contributed by atoms with Crippen molar-refractivity contribution in [2.45, 2.75) is 70.8 Å². The van der Waals surface area contributed by atoms with Gasteiger partial charge in [-0.1, -0.05) is 25.7 Å². The Labute approximate surface area is 156 Å². The summed E-state index contributed by atoms with van der Waals surface area (Å²) in [5.41, 5.74) is 0.863. The second kappa shape index (κ2) is 9.60. The third-order valence-electron chi connectivity index (χ3n) is 5.15. The van der Waals surface area contributed by atoms with Crippen molar-refractivity contribution in [1.82, 2.24) is 5.32 Å². The van der Waals surface area contributed by atoms with Crippen LogP contribution in [0.5, 0.6) is 5.75 Å². The normalized spacial score (nSPS) is 18.6. The number of ether oxygens (including phenoxy) is 1. The molecule has 2 amide bonds. The number of carbonyl (C=O) groups is 1. The van der Waals surface area contributed by atoms with E-state index in [2.05, 4.69) is 5.32 Å². The van der Waals surface area contributed by atoms with Crippen molar-refractivity contribution in [1.29, 1.82) is 0 Å². The van der Waals surface area contributed by atoms with Gasteiger partial charge in [0.05, 0.1) is 12.3 Å². The molecule has 0 atom stereocenters. The van der Waals surface area contributed by atoms with E-state index in [0.717, 1.165) is 55.9 Å². The molecule has 1 saturated carbocycles. The van der Waals surface area contributed by atoms with Crippen LogP contribution in [-0.4, -0.2) is 31.1 Å². The molecule has 3 rings (SSSR count). The predicted octanol–water partition coefficient (Wildman–Crippen LogP) is 4.91. The monoisotopic (exact) mass is 357 g/mol. The van der Waals surface area contributed by atoms with Crippen LogP contribution in [-0.2, 0) is 0 Å². The molecule has 1 fully saturated rings. The molecule has 2 aliphatic rings. The van der Waals surface area contributed by atoms with Crippen molar-refractivity contribution in [3.8, 4) is 5.75 Å². The zero-order valence-electron chi connectivity index (χ0n) is 15.9. The summed E-state index contributed by atoms with van der Waals surface area (Å²) in [4.78, 5) is 19.6. The highest BCUT2D eigenvalue weighted by Crippen LogP contribution is 2.24. The van der Waals surface area contributed by atoms with E-state index in [-0.39, 0.29) is 12.1 Å². The lowest BCUT2D eigenvalue weighted by atomic mass is 9.96. The molecular formula is C21H31N3O2. The van der Waals surface area contributed by atoms with E-state index >= 15 is 0 Å². The van der Waals surface area contributed by atoms with Gasteiger partial charge in [0.25, 0.3) is 0 Å². The number of amides is 2. The smallest absolute Gasteiger partial charge is 0.327 e. The fourth-order valence-corrected chi connectivity index (χ4v) is 3.77. The lowest BCUT2D eigenvalue weighted by molar-refractivity contribution is 0.241. The van der Waals surface area contributed by atoms with Gasteiger partial charge in [-0.3, -0.25) is 9.89 Å². The summed E-state index contributed by atoms with van der Waals surface area (Å²) in [6.45, 7) is 3.41. The summed E-state index contributed by atoms with van der Waals surface area (Å²) >= 11 is 0. The Hall–Kier alpha value is -2.04. The maximum Gasteiger partial charge on any atom is 0.327 e. The van der Waals surface area contributed by atoms with Crippen molar-refractivity contribution in [3.63, 3.8) is 0 Å². The second-order valence-electron chi connectivity index (χ2n) is 7.16. The average molecular weight is 357 g/mol. The minimum Gasteiger partial charge on any atom is -0.494 e. The fraction of sp³-hybridized carbons (Fsp3) is 0.619. The molecule has 5 nitrogen and oxygen atoms in total. The third-order valence-corrected chi connectivity index (χ3v) is 5.15. The van der Waals surface area contributed by atoms with Crippen LogP contribution in [0, 0.1) is 0 Å². The first kappa shape index (κ1) is 18.7. The quantitative estimate of drug-likeness (QED) is 0.832. The number of nitrogens with zero attached hydrogens (tertiary/aromatic N) is 2. The standard InChI is InChI=1S/C21H31N3O2/c1-2-26-19-14-12-18(13-15-19)24(20-11-7-4-8-16-22-20)21(25)23-17-9-5-3-6-10-17/h12-15,17H,2-11,16H2,1H3,(H,23,25). The van der Waals surface area contributed by atoms with Crippen molar-refractivity contribution in [2.75, 3.05) is 18.1 Å². The summed E-state index contributed by atoms with van der Waals surface area (Å²) in [6.07, 6.45) is 10.1. The summed E-state index contributed by atoms with van der Waals surface area (Å²) in [5, 5.41) is 3.25. The Balaban J connectivity index is 1.80. The summed E-state index contributed by atoms with van der Waals surface area (Å²) in [7, 11) is 0. The third kappa shape index (κ3) is 4.99. The number of hydrogen-bond donors (Lipinski definition) is 1. The number of benzene rings is 1. The minimum atomic E-state index is -0.0401. The Bertz CT molecular complexity index is 606. The zero-order chi connectivity index (χ0) is 18.2. The van der Waals surface area contributed by atoms with Gasteiger partial charge in [0.1, 0.15) is 11.6 Å². The molecule has 142 valence electrons. The molecule has 1 aliphatic carbocycles. The molecule has 1 heterocycles. The van der Waals surface area contributed by atoms with Gasteiger partial charge in [-0.2, -0.15) is 0 Å². The molecule has 0 bridgehead atoms. The Kier molecular flexibility index (Phi) is 6.92. The topological polar surface area (TPSA) is 53.9 Å². The summed E-state index contributed by atoms with van der Waals surface area (Å²) < 4.78 is 5.54. The first-order valence-electron chi connectivity index (χ1n) is 10.1. The van der Waals surface area contributed by atoms with Gasteiger partial charge in [-0.15, -0.1) is 0 Å². The molecular weight excluding hydrogens is 326 g/mol. The van der Waals surface area contributed by atoms with E-state index in [1.165, 1.54) is 25.7 Å². The van der Waals surface area contributed by atoms with Gasteiger partial charge < -0.3 is 10.1 Å². The first-order valence-corrected chi connectivity index (χ1v) is 10.1. The van der Waals surface area contributed by atoms with E-state index in [4.69, 9.17) is 9.73 Å². The van der Waals surface area contributed by atoms with Crippen molar-refractivity contribution in [3.05, 3.63) is 24.3 Å². The van der Waals surface area contributed by atoms with Crippen molar-refractivity contribution < 1.29 is 9.53 Å². The van der Waals surface area contributed by atoms with Crippen LogP contribution in [0.1, 0.15) is 64.7 Å². The highest BCUT2D eigenvalue weighted by Gasteiger charge is 2.25. The minimum absolute atomic E-state index is 0.0401. The maximum atomic E-state index is 13.1. The first-order chi connectivity index (χ1) is 12.8. The van der Waals surface area contributed by atoms with Crippen LogP contribution in [0.2, 0.25) is 0 Å². The van der Waals surface area contributed by atoms with Gasteiger partial charge in [0, 0.05) is 19.0 Å². The molecule has 0 aromatic heterocycles. The van der Waals surface area contributed by atoms with Crippen LogP contribution in [0.3, 0.4) is 0 Å². The van der Waals surface area contributed by atoms with E-state index in [1.54, 1.807) is 4.90 Å². The van der Waals surface area contributed by atoms with E-state index in [1.807, 2.05) is 31.2 Å².